The first-order chi connectivity index (χ1) is 11.0. The van der Waals surface area contributed by atoms with Crippen LogP contribution in [0.2, 0.25) is 0 Å². The van der Waals surface area contributed by atoms with Gasteiger partial charge in [0.15, 0.2) is 10.6 Å². The molecule has 1 unspecified atom stereocenters. The highest BCUT2D eigenvalue weighted by Gasteiger charge is 2.22. The first-order valence-corrected chi connectivity index (χ1v) is 9.18. The first kappa shape index (κ1) is 16.6. The lowest BCUT2D eigenvalue weighted by Gasteiger charge is -2.26. The molecule has 1 aromatic carbocycles. The van der Waals surface area contributed by atoms with E-state index in [9.17, 15) is 5.11 Å². The third kappa shape index (κ3) is 3.98. The van der Waals surface area contributed by atoms with Crippen molar-refractivity contribution in [2.45, 2.75) is 39.5 Å². The third-order valence-electron chi connectivity index (χ3n) is 4.42. The molecule has 2 heterocycles. The fourth-order valence-electron chi connectivity index (χ4n) is 2.94. The Bertz CT molecular complexity index is 740. The molecular weight excluding hydrogens is 328 g/mol. The molecule has 3 rings (SSSR count). The van der Waals surface area contributed by atoms with E-state index in [1.807, 2.05) is 10.7 Å². The molecule has 2 aromatic rings. The summed E-state index contributed by atoms with van der Waals surface area (Å²) in [4.78, 5) is 1.34. The second-order valence-electron chi connectivity index (χ2n) is 6.20. The smallest absolute Gasteiger partial charge is 0.209 e. The van der Waals surface area contributed by atoms with Gasteiger partial charge in [-0.25, -0.2) is 0 Å². The molecule has 3 N–H and O–H groups in total. The van der Waals surface area contributed by atoms with Crippen LogP contribution in [0.3, 0.4) is 0 Å². The highest BCUT2D eigenvalue weighted by atomic mass is 32.1. The molecule has 2 atom stereocenters. The van der Waals surface area contributed by atoms with Gasteiger partial charge >= 0.3 is 0 Å². The predicted molar refractivity (Wildman–Crippen MR) is 96.1 cm³/mol. The standard InChI is InChI=1S/C16H22N4OS2/c1-11-5-3-7-14(12(11)2)17-15-18-20(16(22)23-15)10-19-8-4-6-13(21)9-19/h3,5,7,13,21H,4,6,8-10H2,1-2H3,(H,17,18)/p+1/t13-/m1/s1. The van der Waals surface area contributed by atoms with E-state index in [0.29, 0.717) is 0 Å². The van der Waals surface area contributed by atoms with Crippen molar-refractivity contribution in [1.82, 2.24) is 9.78 Å². The van der Waals surface area contributed by atoms with E-state index in [1.54, 1.807) is 0 Å². The summed E-state index contributed by atoms with van der Waals surface area (Å²) in [7, 11) is 0. The Balaban J connectivity index is 1.73. The van der Waals surface area contributed by atoms with Crippen molar-refractivity contribution in [2.75, 3.05) is 18.4 Å². The average molecular weight is 352 g/mol. The highest BCUT2D eigenvalue weighted by Crippen LogP contribution is 2.24. The lowest BCUT2D eigenvalue weighted by molar-refractivity contribution is -0.931. The Labute approximate surface area is 145 Å². The molecule has 1 fully saturated rings. The van der Waals surface area contributed by atoms with Crippen LogP contribution in [0.1, 0.15) is 24.0 Å². The maximum atomic E-state index is 9.80. The van der Waals surface area contributed by atoms with Crippen molar-refractivity contribution in [3.63, 3.8) is 0 Å². The minimum atomic E-state index is -0.195. The van der Waals surface area contributed by atoms with Crippen molar-refractivity contribution in [1.29, 1.82) is 0 Å². The fourth-order valence-corrected chi connectivity index (χ4v) is 3.96. The minimum Gasteiger partial charge on any atom is -0.387 e. The Hall–Kier alpha value is -1.28. The largest absolute Gasteiger partial charge is 0.387 e. The van der Waals surface area contributed by atoms with Gasteiger partial charge in [0, 0.05) is 5.69 Å². The van der Waals surface area contributed by atoms with Gasteiger partial charge in [-0.15, -0.1) is 5.10 Å². The van der Waals surface area contributed by atoms with Crippen LogP contribution in [0, 0.1) is 17.8 Å². The van der Waals surface area contributed by atoms with E-state index in [4.69, 9.17) is 12.2 Å². The van der Waals surface area contributed by atoms with E-state index in [-0.39, 0.29) is 6.10 Å². The summed E-state index contributed by atoms with van der Waals surface area (Å²) in [5.74, 6) is 0. The molecule has 1 aromatic heterocycles. The second kappa shape index (κ2) is 7.09. The number of aliphatic hydroxyl groups is 1. The number of nitrogens with zero attached hydrogens (tertiary/aromatic N) is 2. The summed E-state index contributed by atoms with van der Waals surface area (Å²) in [6.45, 7) is 6.77. The molecular formula is C16H23N4OS2+. The van der Waals surface area contributed by atoms with E-state index < -0.39 is 0 Å². The number of quaternary nitrogens is 1. The van der Waals surface area contributed by atoms with Crippen molar-refractivity contribution in [3.8, 4) is 0 Å². The van der Waals surface area contributed by atoms with Crippen molar-refractivity contribution in [3.05, 3.63) is 33.3 Å². The van der Waals surface area contributed by atoms with Gasteiger partial charge in [0.2, 0.25) is 5.13 Å². The van der Waals surface area contributed by atoms with Gasteiger partial charge < -0.3 is 15.3 Å². The molecule has 5 nitrogen and oxygen atoms in total. The molecule has 124 valence electrons. The molecule has 0 spiro atoms. The van der Waals surface area contributed by atoms with E-state index >= 15 is 0 Å². The fraction of sp³-hybridized carbons (Fsp3) is 0.500. The van der Waals surface area contributed by atoms with Gasteiger partial charge in [0.05, 0.1) is 6.54 Å². The number of hydrogen-bond acceptors (Lipinski definition) is 5. The van der Waals surface area contributed by atoms with Crippen LogP contribution >= 0.6 is 23.6 Å². The summed E-state index contributed by atoms with van der Waals surface area (Å²) >= 11 is 6.94. The first-order valence-electron chi connectivity index (χ1n) is 7.96. The van der Waals surface area contributed by atoms with Gasteiger partial charge in [0.25, 0.3) is 0 Å². The van der Waals surface area contributed by atoms with Gasteiger partial charge in [0.1, 0.15) is 12.6 Å². The molecule has 0 aliphatic carbocycles. The van der Waals surface area contributed by atoms with Crippen LogP contribution in [-0.4, -0.2) is 34.1 Å². The number of rotatable bonds is 4. The number of nitrogens with one attached hydrogen (secondary N) is 2. The second-order valence-corrected chi connectivity index (χ2v) is 7.83. The third-order valence-corrected chi connectivity index (χ3v) is 5.64. The molecule has 0 radical (unpaired) electrons. The van der Waals surface area contributed by atoms with Gasteiger partial charge in [-0.05, 0) is 56.1 Å². The van der Waals surface area contributed by atoms with Crippen LogP contribution in [0.25, 0.3) is 0 Å². The van der Waals surface area contributed by atoms with Crippen LogP contribution < -0.4 is 10.2 Å². The number of aryl methyl sites for hydroxylation is 1. The highest BCUT2D eigenvalue weighted by molar-refractivity contribution is 7.73. The summed E-state index contributed by atoms with van der Waals surface area (Å²) in [5.41, 5.74) is 3.55. The van der Waals surface area contributed by atoms with Gasteiger partial charge in [-0.2, -0.15) is 4.68 Å². The van der Waals surface area contributed by atoms with E-state index in [0.717, 1.165) is 47.4 Å². The Morgan fingerprint density at radius 2 is 2.30 bits per heavy atom. The summed E-state index contributed by atoms with van der Waals surface area (Å²) in [6, 6.07) is 6.20. The van der Waals surface area contributed by atoms with Crippen molar-refractivity contribution >= 4 is 34.4 Å². The molecule has 7 heteroatoms. The predicted octanol–water partition coefficient (Wildman–Crippen LogP) is 2.03. The van der Waals surface area contributed by atoms with E-state index in [1.165, 1.54) is 27.4 Å². The summed E-state index contributed by atoms with van der Waals surface area (Å²) < 4.78 is 2.64. The molecule has 23 heavy (non-hydrogen) atoms. The number of likely N-dealkylation sites (tertiary alicyclic amines) is 1. The quantitative estimate of drug-likeness (QED) is 0.738. The lowest BCUT2D eigenvalue weighted by atomic mass is 10.1. The number of aliphatic hydroxyl groups excluding tert-OH is 1. The van der Waals surface area contributed by atoms with Crippen LogP contribution in [0.4, 0.5) is 10.8 Å². The average Bonchev–Trinajstić information content (AvgIpc) is 2.84. The van der Waals surface area contributed by atoms with Crippen LogP contribution in [0.5, 0.6) is 0 Å². The van der Waals surface area contributed by atoms with Gasteiger partial charge in [-0.1, -0.05) is 23.5 Å². The Morgan fingerprint density at radius 1 is 1.48 bits per heavy atom. The van der Waals surface area contributed by atoms with Crippen molar-refractivity contribution in [2.24, 2.45) is 0 Å². The van der Waals surface area contributed by atoms with Crippen molar-refractivity contribution < 1.29 is 10.0 Å². The molecule has 1 aliphatic heterocycles. The van der Waals surface area contributed by atoms with E-state index in [2.05, 4.69) is 36.4 Å². The number of piperidine rings is 1. The Morgan fingerprint density at radius 3 is 3.09 bits per heavy atom. The molecule has 0 amide bonds. The number of hydrogen-bond donors (Lipinski definition) is 3. The number of benzene rings is 1. The molecule has 1 aliphatic rings. The van der Waals surface area contributed by atoms with Crippen LogP contribution in [-0.2, 0) is 6.67 Å². The van der Waals surface area contributed by atoms with Gasteiger partial charge in [-0.3, -0.25) is 0 Å². The normalized spacial score (nSPS) is 21.3. The zero-order chi connectivity index (χ0) is 16.4. The zero-order valence-corrected chi connectivity index (χ0v) is 15.1. The summed E-state index contributed by atoms with van der Waals surface area (Å²) in [6.07, 6.45) is 1.77. The van der Waals surface area contributed by atoms with Crippen LogP contribution in [0.15, 0.2) is 18.2 Å². The molecule has 0 bridgehead atoms. The topological polar surface area (TPSA) is 54.5 Å². The summed E-state index contributed by atoms with van der Waals surface area (Å²) in [5, 5.41) is 18.6. The Kier molecular flexibility index (Phi) is 5.11. The minimum absolute atomic E-state index is 0.195. The number of aromatic nitrogens is 2. The molecule has 0 saturated carbocycles. The lowest BCUT2D eigenvalue weighted by Crippen LogP contribution is -3.13. The maximum absolute atomic E-state index is 9.80. The SMILES string of the molecule is Cc1cccc(Nc2nn(C[NH+]3CCC[C@@H](O)C3)c(=S)s2)c1C. The molecule has 1 saturated heterocycles. The zero-order valence-electron chi connectivity index (χ0n) is 13.5. The number of anilines is 2. The maximum Gasteiger partial charge on any atom is 0.209 e. The monoisotopic (exact) mass is 351 g/mol.